The predicted octanol–water partition coefficient (Wildman–Crippen LogP) is 5.63. The Labute approximate surface area is 158 Å². The van der Waals surface area contributed by atoms with E-state index >= 15 is 0 Å². The molecule has 0 unspecified atom stereocenters. The number of carbonyl (C=O) groups excluding carboxylic acids is 1. The smallest absolute Gasteiger partial charge is 0.256 e. The normalized spacial score (nSPS) is 17.1. The van der Waals surface area contributed by atoms with Gasteiger partial charge in [0.15, 0.2) is 0 Å². The van der Waals surface area contributed by atoms with Crippen LogP contribution in [0.15, 0.2) is 18.2 Å². The monoisotopic (exact) mass is 361 g/mol. The van der Waals surface area contributed by atoms with E-state index in [1.165, 1.54) is 12.8 Å². The van der Waals surface area contributed by atoms with E-state index in [0.717, 1.165) is 55.5 Å². The molecule has 0 radical (unpaired) electrons. The maximum Gasteiger partial charge on any atom is 0.256 e. The molecule has 0 heterocycles. The van der Waals surface area contributed by atoms with Crippen molar-refractivity contribution in [3.05, 3.63) is 23.8 Å². The number of rotatable bonds is 10. The second-order valence-corrected chi connectivity index (χ2v) is 7.64. The predicted molar refractivity (Wildman–Crippen MR) is 107 cm³/mol. The summed E-state index contributed by atoms with van der Waals surface area (Å²) >= 11 is 0. The Morgan fingerprint density at radius 1 is 1.23 bits per heavy atom. The summed E-state index contributed by atoms with van der Waals surface area (Å²) in [6, 6.07) is 5.89. The van der Waals surface area contributed by atoms with Crippen LogP contribution in [0, 0.1) is 6.92 Å². The van der Waals surface area contributed by atoms with Gasteiger partial charge in [0.05, 0.1) is 6.10 Å². The van der Waals surface area contributed by atoms with Gasteiger partial charge in [0.2, 0.25) is 0 Å². The van der Waals surface area contributed by atoms with E-state index in [2.05, 4.69) is 19.2 Å². The maximum absolute atomic E-state index is 12.9. The summed E-state index contributed by atoms with van der Waals surface area (Å²) in [5.74, 6) is 0.856. The second-order valence-electron chi connectivity index (χ2n) is 7.64. The first-order chi connectivity index (χ1) is 12.5. The fourth-order valence-corrected chi connectivity index (χ4v) is 3.40. The first kappa shape index (κ1) is 20.8. The van der Waals surface area contributed by atoms with Crippen LogP contribution in [0.4, 0.5) is 5.69 Å². The van der Waals surface area contributed by atoms with E-state index in [9.17, 15) is 4.79 Å². The summed E-state index contributed by atoms with van der Waals surface area (Å²) in [6.07, 6.45) is 8.79. The van der Waals surface area contributed by atoms with E-state index in [1.807, 2.05) is 32.0 Å². The number of hydrogen-bond donors (Lipinski definition) is 1. The van der Waals surface area contributed by atoms with Crippen molar-refractivity contribution in [3.8, 4) is 5.75 Å². The lowest BCUT2D eigenvalue weighted by atomic mass is 9.97. The largest absolute Gasteiger partial charge is 0.490 e. The van der Waals surface area contributed by atoms with Crippen LogP contribution in [-0.4, -0.2) is 24.2 Å². The van der Waals surface area contributed by atoms with Gasteiger partial charge in [-0.15, -0.1) is 0 Å². The van der Waals surface area contributed by atoms with Gasteiger partial charge in [-0.1, -0.05) is 26.7 Å². The maximum atomic E-state index is 12.9. The second kappa shape index (κ2) is 9.96. The number of unbranched alkanes of at least 4 members (excludes halogenated alkanes) is 1. The molecule has 0 saturated heterocycles. The number of anilines is 1. The zero-order valence-corrected chi connectivity index (χ0v) is 16.9. The quantitative estimate of drug-likeness (QED) is 0.587. The SMILES string of the molecule is CCCC[C@@](C)(OCCC)C(=O)Nc1ccc(OC2CCCC2)c(C)c1. The molecule has 1 fully saturated rings. The fourth-order valence-electron chi connectivity index (χ4n) is 3.40. The third-order valence-corrected chi connectivity index (χ3v) is 5.14. The molecular formula is C22H35NO3. The summed E-state index contributed by atoms with van der Waals surface area (Å²) in [4.78, 5) is 12.9. The molecule has 0 aliphatic heterocycles. The van der Waals surface area contributed by atoms with E-state index in [0.29, 0.717) is 12.7 Å². The van der Waals surface area contributed by atoms with Crippen LogP contribution in [0.3, 0.4) is 0 Å². The summed E-state index contributed by atoms with van der Waals surface area (Å²) in [6.45, 7) is 8.72. The number of hydrogen-bond acceptors (Lipinski definition) is 3. The molecule has 4 heteroatoms. The third kappa shape index (κ3) is 5.73. The number of amides is 1. The van der Waals surface area contributed by atoms with Crippen molar-refractivity contribution < 1.29 is 14.3 Å². The highest BCUT2D eigenvalue weighted by atomic mass is 16.5. The van der Waals surface area contributed by atoms with Crippen molar-refractivity contribution in [2.75, 3.05) is 11.9 Å². The number of carbonyl (C=O) groups is 1. The molecule has 1 aromatic rings. The van der Waals surface area contributed by atoms with Gasteiger partial charge in [-0.05, 0) is 76.1 Å². The van der Waals surface area contributed by atoms with Crippen molar-refractivity contribution in [2.24, 2.45) is 0 Å². The standard InChI is InChI=1S/C22H35NO3/c1-5-7-14-22(4,25-15-6-2)21(24)23-18-12-13-20(17(3)16-18)26-19-10-8-9-11-19/h12-13,16,19H,5-11,14-15H2,1-4H3,(H,23,24)/t22-/m1/s1. The highest BCUT2D eigenvalue weighted by Crippen LogP contribution is 2.29. The molecule has 26 heavy (non-hydrogen) atoms. The lowest BCUT2D eigenvalue weighted by Crippen LogP contribution is -2.43. The topological polar surface area (TPSA) is 47.6 Å². The number of benzene rings is 1. The number of ether oxygens (including phenoxy) is 2. The lowest BCUT2D eigenvalue weighted by molar-refractivity contribution is -0.140. The van der Waals surface area contributed by atoms with E-state index in [1.54, 1.807) is 0 Å². The van der Waals surface area contributed by atoms with E-state index in [4.69, 9.17) is 9.47 Å². The summed E-state index contributed by atoms with van der Waals surface area (Å²) in [5.41, 5.74) is 1.08. The highest BCUT2D eigenvalue weighted by Gasteiger charge is 2.33. The van der Waals surface area contributed by atoms with Crippen LogP contribution in [0.5, 0.6) is 5.75 Å². The zero-order valence-electron chi connectivity index (χ0n) is 16.9. The van der Waals surface area contributed by atoms with Crippen LogP contribution in [0.25, 0.3) is 0 Å². The van der Waals surface area contributed by atoms with Crippen LogP contribution in [-0.2, 0) is 9.53 Å². The molecule has 2 rings (SSSR count). The van der Waals surface area contributed by atoms with Crippen LogP contribution < -0.4 is 10.1 Å². The van der Waals surface area contributed by atoms with Crippen LogP contribution in [0.1, 0.15) is 77.7 Å². The number of aryl methyl sites for hydroxylation is 1. The molecule has 1 N–H and O–H groups in total. The Bertz CT molecular complexity index is 571. The number of nitrogens with one attached hydrogen (secondary N) is 1. The molecule has 0 spiro atoms. The molecular weight excluding hydrogens is 326 g/mol. The van der Waals surface area contributed by atoms with Crippen molar-refractivity contribution in [3.63, 3.8) is 0 Å². The van der Waals surface area contributed by atoms with Crippen LogP contribution in [0.2, 0.25) is 0 Å². The van der Waals surface area contributed by atoms with Crippen LogP contribution >= 0.6 is 0 Å². The fraction of sp³-hybridized carbons (Fsp3) is 0.682. The Morgan fingerprint density at radius 2 is 1.96 bits per heavy atom. The molecule has 1 aliphatic rings. The van der Waals surface area contributed by atoms with Gasteiger partial charge in [0.25, 0.3) is 5.91 Å². The van der Waals surface area contributed by atoms with Crippen molar-refractivity contribution in [1.82, 2.24) is 0 Å². The summed E-state index contributed by atoms with van der Waals surface area (Å²) in [7, 11) is 0. The molecule has 146 valence electrons. The van der Waals surface area contributed by atoms with E-state index in [-0.39, 0.29) is 5.91 Å². The van der Waals surface area contributed by atoms with E-state index < -0.39 is 5.60 Å². The Hall–Kier alpha value is -1.55. The first-order valence-corrected chi connectivity index (χ1v) is 10.2. The van der Waals surface area contributed by atoms with Crippen molar-refractivity contribution in [1.29, 1.82) is 0 Å². The van der Waals surface area contributed by atoms with Gasteiger partial charge < -0.3 is 14.8 Å². The minimum Gasteiger partial charge on any atom is -0.490 e. The van der Waals surface area contributed by atoms with Gasteiger partial charge in [-0.25, -0.2) is 0 Å². The Morgan fingerprint density at radius 3 is 2.58 bits per heavy atom. The van der Waals surface area contributed by atoms with Gasteiger partial charge >= 0.3 is 0 Å². The minimum atomic E-state index is -0.779. The summed E-state index contributed by atoms with van der Waals surface area (Å²) in [5, 5.41) is 3.04. The molecule has 0 aromatic heterocycles. The summed E-state index contributed by atoms with van der Waals surface area (Å²) < 4.78 is 12.0. The lowest BCUT2D eigenvalue weighted by Gasteiger charge is -2.28. The molecule has 1 aliphatic carbocycles. The molecule has 1 aromatic carbocycles. The average Bonchev–Trinajstić information content (AvgIpc) is 3.13. The minimum absolute atomic E-state index is 0.0664. The highest BCUT2D eigenvalue weighted by molar-refractivity contribution is 5.97. The Kier molecular flexibility index (Phi) is 7.95. The molecule has 0 bridgehead atoms. The van der Waals surface area contributed by atoms with Gasteiger partial charge in [0, 0.05) is 12.3 Å². The Balaban J connectivity index is 2.02. The molecule has 1 amide bonds. The van der Waals surface area contributed by atoms with Gasteiger partial charge in [-0.2, -0.15) is 0 Å². The first-order valence-electron chi connectivity index (χ1n) is 10.2. The average molecular weight is 362 g/mol. The van der Waals surface area contributed by atoms with Gasteiger partial charge in [-0.3, -0.25) is 4.79 Å². The van der Waals surface area contributed by atoms with Gasteiger partial charge in [0.1, 0.15) is 11.4 Å². The third-order valence-electron chi connectivity index (χ3n) is 5.14. The van der Waals surface area contributed by atoms with Crippen molar-refractivity contribution in [2.45, 2.75) is 90.8 Å². The molecule has 1 atom stereocenters. The van der Waals surface area contributed by atoms with Crippen molar-refractivity contribution >= 4 is 11.6 Å². The molecule has 4 nitrogen and oxygen atoms in total. The molecule has 1 saturated carbocycles. The zero-order chi connectivity index (χ0) is 19.0.